The van der Waals surface area contributed by atoms with Gasteiger partial charge in [0.05, 0.1) is 12.4 Å². The van der Waals surface area contributed by atoms with Gasteiger partial charge in [-0.15, -0.1) is 10.3 Å². The lowest BCUT2D eigenvalue weighted by Gasteiger charge is -2.41. The van der Waals surface area contributed by atoms with E-state index in [-0.39, 0.29) is 34.5 Å². The van der Waals surface area contributed by atoms with Crippen molar-refractivity contribution >= 4 is 64.0 Å². The van der Waals surface area contributed by atoms with Gasteiger partial charge in [0.2, 0.25) is 0 Å². The Hall–Kier alpha value is -0.560. The number of carbonyl (C=O) groups excluding carboxylic acids is 2. The second-order valence-electron chi connectivity index (χ2n) is 7.96. The third-order valence-corrected chi connectivity index (χ3v) is 11.6. The average Bonchev–Trinajstić information content (AvgIpc) is 2.73. The number of rotatable bonds is 12. The molecule has 0 aliphatic carbocycles. The van der Waals surface area contributed by atoms with Crippen LogP contribution in [-0.4, -0.2) is 54.1 Å². The lowest BCUT2D eigenvalue weighted by atomic mass is 10.2. The van der Waals surface area contributed by atoms with Crippen LogP contribution < -0.4 is 0 Å². The number of benzene rings is 1. The summed E-state index contributed by atoms with van der Waals surface area (Å²) >= 11 is 6.62. The second kappa shape index (κ2) is 12.4. The first-order chi connectivity index (χ1) is 15.4. The van der Waals surface area contributed by atoms with E-state index in [4.69, 9.17) is 3.63 Å². The minimum absolute atomic E-state index is 0.199. The number of ether oxygens (including phenoxy) is 1. The predicted molar refractivity (Wildman–Crippen MR) is 133 cm³/mol. The van der Waals surface area contributed by atoms with E-state index in [1.807, 2.05) is 6.92 Å². The fourth-order valence-electron chi connectivity index (χ4n) is 3.31. The van der Waals surface area contributed by atoms with Crippen LogP contribution in [0.2, 0.25) is 0 Å². The number of Topliss-reactive ketones (excluding diaryl/α,β-unsaturated/α-hetero) is 1. The smallest absolute Gasteiger partial charge is 0.460 e. The average molecular weight is 638 g/mol. The van der Waals surface area contributed by atoms with Gasteiger partial charge in [-0.25, -0.2) is 8.42 Å². The molecule has 1 aliphatic rings. The first-order valence-electron chi connectivity index (χ1n) is 10.6. The maximum Gasteiger partial charge on any atom is 0.466 e. The van der Waals surface area contributed by atoms with E-state index < -0.39 is 31.7 Å². The Kier molecular flexibility index (Phi) is 10.8. The van der Waals surface area contributed by atoms with Gasteiger partial charge in [-0.2, -0.15) is 17.2 Å². The number of hydrogen-bond acceptors (Lipinski definition) is 6. The van der Waals surface area contributed by atoms with E-state index in [1.54, 1.807) is 24.3 Å². The first kappa shape index (κ1) is 28.7. The molecule has 0 spiro atoms. The maximum absolute atomic E-state index is 14.6. The molecule has 0 N–H and O–H groups in total. The third-order valence-electron chi connectivity index (χ3n) is 5.11. The van der Waals surface area contributed by atoms with Gasteiger partial charge in [-0.1, -0.05) is 57.3 Å². The molecule has 0 aromatic heterocycles. The number of esters is 1. The zero-order valence-corrected chi connectivity index (χ0v) is 23.0. The van der Waals surface area contributed by atoms with Crippen molar-refractivity contribution in [2.45, 2.75) is 55.5 Å². The van der Waals surface area contributed by atoms with Crippen molar-refractivity contribution in [3.05, 3.63) is 34.3 Å². The lowest BCUT2D eigenvalue weighted by molar-refractivity contribution is -0.161. The summed E-state index contributed by atoms with van der Waals surface area (Å²) in [7, 11) is -8.36. The quantitative estimate of drug-likeness (QED) is 0.121. The van der Waals surface area contributed by atoms with Crippen LogP contribution in [0.3, 0.4) is 0 Å². The van der Waals surface area contributed by atoms with E-state index in [0.29, 0.717) is 31.2 Å². The molecule has 0 bridgehead atoms. The zero-order valence-electron chi connectivity index (χ0n) is 18.2. The van der Waals surface area contributed by atoms with Crippen molar-refractivity contribution in [3.8, 4) is 0 Å². The fraction of sp³-hybridized carbons (Fsp3) is 0.619. The molecule has 2 rings (SSSR count). The van der Waals surface area contributed by atoms with E-state index >= 15 is 0 Å². The summed E-state index contributed by atoms with van der Waals surface area (Å²) in [6.45, 7) is 1.61. The minimum atomic E-state index is -5.65. The van der Waals surface area contributed by atoms with Crippen molar-refractivity contribution in [2.24, 2.45) is 0 Å². The standard InChI is InChI=1S/C21H28Br2F2O6S2/c1-16(22)7-3-4-12-30-20(27)21(24,25)33(28,29)31-32(13-5-2-6-14-32)15-19(26)17-8-10-18(23)11-9-17/h8-11,16H,2-7,12-15H2,1H3. The first-order valence-corrected chi connectivity index (χ1v) is 15.8. The van der Waals surface area contributed by atoms with Crippen LogP contribution in [0.4, 0.5) is 8.78 Å². The Morgan fingerprint density at radius 1 is 1.12 bits per heavy atom. The zero-order chi connectivity index (χ0) is 24.7. The van der Waals surface area contributed by atoms with Crippen LogP contribution in [0.15, 0.2) is 28.7 Å². The highest BCUT2D eigenvalue weighted by Crippen LogP contribution is 2.56. The van der Waals surface area contributed by atoms with Crippen molar-refractivity contribution in [2.75, 3.05) is 23.9 Å². The molecule has 0 radical (unpaired) electrons. The minimum Gasteiger partial charge on any atom is -0.460 e. The summed E-state index contributed by atoms with van der Waals surface area (Å²) in [4.78, 5) is 25.0. The molecular formula is C21H28Br2F2O6S2. The summed E-state index contributed by atoms with van der Waals surface area (Å²) in [5, 5.41) is -4.85. The molecule has 0 saturated carbocycles. The summed E-state index contributed by atoms with van der Waals surface area (Å²) in [6, 6.07) is 6.46. The Bertz CT molecular complexity index is 917. The van der Waals surface area contributed by atoms with Crippen LogP contribution >= 0.6 is 42.2 Å². The molecule has 1 atom stereocenters. The number of hydrogen-bond donors (Lipinski definition) is 0. The second-order valence-corrected chi connectivity index (χ2v) is 15.4. The van der Waals surface area contributed by atoms with Crippen molar-refractivity contribution in [3.63, 3.8) is 0 Å². The molecular weight excluding hydrogens is 610 g/mol. The highest BCUT2D eigenvalue weighted by molar-refractivity contribution is 9.10. The van der Waals surface area contributed by atoms with Gasteiger partial charge in [-0.05, 0) is 44.2 Å². The van der Waals surface area contributed by atoms with Gasteiger partial charge < -0.3 is 4.74 Å². The van der Waals surface area contributed by atoms with Crippen LogP contribution in [0.1, 0.15) is 55.8 Å². The molecule has 0 amide bonds. The third kappa shape index (κ3) is 8.26. The van der Waals surface area contributed by atoms with E-state index in [9.17, 15) is 26.8 Å². The van der Waals surface area contributed by atoms with E-state index in [2.05, 4.69) is 36.6 Å². The Morgan fingerprint density at radius 2 is 1.73 bits per heavy atom. The summed E-state index contributed by atoms with van der Waals surface area (Å²) in [5.41, 5.74) is 0.334. The highest BCUT2D eigenvalue weighted by atomic mass is 79.9. The number of halogens is 4. The van der Waals surface area contributed by atoms with Gasteiger partial charge in [0.1, 0.15) is 0 Å². The van der Waals surface area contributed by atoms with Gasteiger partial charge in [0.15, 0.2) is 5.78 Å². The Morgan fingerprint density at radius 3 is 2.30 bits per heavy atom. The molecule has 12 heteroatoms. The van der Waals surface area contributed by atoms with Crippen LogP contribution in [0.5, 0.6) is 0 Å². The van der Waals surface area contributed by atoms with Gasteiger partial charge in [0, 0.05) is 26.4 Å². The SMILES string of the molecule is CC(Br)CCCCOC(=O)C(F)(F)S(=O)(=O)OS1(CC(=O)c2ccc(Br)cc2)CCCCC1. The van der Waals surface area contributed by atoms with Crippen LogP contribution in [0, 0.1) is 0 Å². The maximum atomic E-state index is 14.6. The molecule has 1 aromatic carbocycles. The van der Waals surface area contributed by atoms with Gasteiger partial charge >= 0.3 is 21.3 Å². The molecule has 188 valence electrons. The van der Waals surface area contributed by atoms with Crippen molar-refractivity contribution < 1.29 is 35.2 Å². The Balaban J connectivity index is 2.11. The van der Waals surface area contributed by atoms with E-state index in [1.165, 1.54) is 0 Å². The summed E-state index contributed by atoms with van der Waals surface area (Å²) < 4.78 is 64.6. The normalized spacial score (nSPS) is 18.3. The number of carbonyl (C=O) groups is 2. The molecule has 1 aromatic rings. The molecule has 1 heterocycles. The molecule has 6 nitrogen and oxygen atoms in total. The molecule has 1 unspecified atom stereocenters. The van der Waals surface area contributed by atoms with Crippen molar-refractivity contribution in [1.82, 2.24) is 0 Å². The number of ketones is 1. The Labute approximate surface area is 212 Å². The number of alkyl halides is 3. The fourth-order valence-corrected chi connectivity index (χ4v) is 9.36. The highest BCUT2D eigenvalue weighted by Gasteiger charge is 2.58. The molecule has 1 fully saturated rings. The number of unbranched alkanes of at least 4 members (excludes halogenated alkanes) is 1. The molecule has 1 aliphatic heterocycles. The van der Waals surface area contributed by atoms with Crippen molar-refractivity contribution in [1.29, 1.82) is 0 Å². The monoisotopic (exact) mass is 636 g/mol. The van der Waals surface area contributed by atoms with Crippen LogP contribution in [-0.2, 0) is 23.3 Å². The molecule has 1 saturated heterocycles. The lowest BCUT2D eigenvalue weighted by Crippen LogP contribution is -2.42. The summed E-state index contributed by atoms with van der Waals surface area (Å²) in [6.07, 6.45) is 3.61. The predicted octanol–water partition coefficient (Wildman–Crippen LogP) is 5.97. The molecule has 33 heavy (non-hydrogen) atoms. The van der Waals surface area contributed by atoms with Crippen LogP contribution in [0.25, 0.3) is 0 Å². The summed E-state index contributed by atoms with van der Waals surface area (Å²) in [5.74, 6) is -2.45. The van der Waals surface area contributed by atoms with E-state index in [0.717, 1.165) is 17.3 Å². The topological polar surface area (TPSA) is 86.7 Å². The van der Waals surface area contributed by atoms with Gasteiger partial charge in [-0.3, -0.25) is 4.79 Å². The largest absolute Gasteiger partial charge is 0.466 e. The van der Waals surface area contributed by atoms with Gasteiger partial charge in [0.25, 0.3) is 0 Å².